The van der Waals surface area contributed by atoms with Crippen molar-refractivity contribution in [3.63, 3.8) is 0 Å². The van der Waals surface area contributed by atoms with Gasteiger partial charge in [0.05, 0.1) is 9.79 Å². The van der Waals surface area contributed by atoms with Gasteiger partial charge < -0.3 is 5.73 Å². The van der Waals surface area contributed by atoms with E-state index in [1.165, 1.54) is 19.1 Å². The second-order valence-corrected chi connectivity index (χ2v) is 9.77. The minimum atomic E-state index is -3.81. The molecule has 0 aliphatic carbocycles. The summed E-state index contributed by atoms with van der Waals surface area (Å²) in [7, 11) is -7.32. The maximum atomic E-state index is 12.6. The van der Waals surface area contributed by atoms with Crippen molar-refractivity contribution in [2.45, 2.75) is 30.1 Å². The van der Waals surface area contributed by atoms with E-state index in [-0.39, 0.29) is 34.3 Å². The second-order valence-electron chi connectivity index (χ2n) is 6.05. The van der Waals surface area contributed by atoms with Crippen LogP contribution < -0.4 is 10.5 Å². The number of nitrogens with two attached hydrogens (primary N) is 1. The first-order chi connectivity index (χ1) is 11.5. The predicted octanol–water partition coefficient (Wildman–Crippen LogP) is 2.23. The van der Waals surface area contributed by atoms with Crippen molar-refractivity contribution in [1.82, 2.24) is 4.72 Å². The van der Waals surface area contributed by atoms with Crippen molar-refractivity contribution in [3.8, 4) is 0 Å². The molecule has 0 heterocycles. The van der Waals surface area contributed by atoms with Crippen LogP contribution in [0.4, 0.5) is 5.69 Å². The summed E-state index contributed by atoms with van der Waals surface area (Å²) in [5, 5.41) is 0. The van der Waals surface area contributed by atoms with E-state index in [0.717, 1.165) is 11.8 Å². The van der Waals surface area contributed by atoms with E-state index in [4.69, 9.17) is 5.73 Å². The molecule has 0 aliphatic rings. The number of anilines is 1. The van der Waals surface area contributed by atoms with Crippen LogP contribution in [-0.4, -0.2) is 29.6 Å². The minimum Gasteiger partial charge on any atom is -0.399 e. The molecule has 2 aromatic rings. The lowest BCUT2D eigenvalue weighted by Crippen LogP contribution is -2.27. The molecule has 0 aliphatic heterocycles. The van der Waals surface area contributed by atoms with E-state index in [1.807, 2.05) is 12.1 Å². The molecule has 144 valence electrons. The van der Waals surface area contributed by atoms with Gasteiger partial charge >= 0.3 is 0 Å². The Balaban J connectivity index is 0.00000338. The Bertz CT molecular complexity index is 986. The van der Waals surface area contributed by atoms with Crippen molar-refractivity contribution in [3.05, 3.63) is 53.1 Å². The van der Waals surface area contributed by atoms with Gasteiger partial charge in [0.25, 0.3) is 0 Å². The highest BCUT2D eigenvalue weighted by molar-refractivity contribution is 7.91. The van der Waals surface area contributed by atoms with Crippen molar-refractivity contribution in [2.75, 3.05) is 18.5 Å². The largest absolute Gasteiger partial charge is 0.399 e. The highest BCUT2D eigenvalue weighted by atomic mass is 35.5. The van der Waals surface area contributed by atoms with Crippen molar-refractivity contribution in [1.29, 1.82) is 0 Å². The summed E-state index contributed by atoms with van der Waals surface area (Å²) < 4.78 is 51.5. The molecule has 0 aromatic heterocycles. The highest BCUT2D eigenvalue weighted by Gasteiger charge is 2.22. The van der Waals surface area contributed by atoms with Gasteiger partial charge in [-0.1, -0.05) is 12.1 Å². The molecule has 0 saturated carbocycles. The molecule has 2 aromatic carbocycles. The van der Waals surface area contributed by atoms with Gasteiger partial charge in [-0.05, 0) is 61.2 Å². The summed E-state index contributed by atoms with van der Waals surface area (Å²) in [6.45, 7) is 3.37. The highest BCUT2D eigenvalue weighted by Crippen LogP contribution is 2.24. The first-order valence-electron chi connectivity index (χ1n) is 7.66. The molecule has 0 saturated heterocycles. The fraction of sp³-hybridized carbons (Fsp3) is 0.294. The zero-order chi connectivity index (χ0) is 18.8. The van der Waals surface area contributed by atoms with Gasteiger partial charge in [0.15, 0.2) is 9.84 Å². The maximum absolute atomic E-state index is 12.6. The van der Waals surface area contributed by atoms with Crippen LogP contribution in [0.5, 0.6) is 0 Å². The van der Waals surface area contributed by atoms with Gasteiger partial charge in [0, 0.05) is 18.5 Å². The number of benzene rings is 2. The van der Waals surface area contributed by atoms with Crippen LogP contribution >= 0.6 is 12.4 Å². The third kappa shape index (κ3) is 5.44. The monoisotopic (exact) mass is 418 g/mol. The molecule has 0 amide bonds. The molecule has 6 nitrogen and oxygen atoms in total. The van der Waals surface area contributed by atoms with Crippen LogP contribution in [0.15, 0.2) is 46.2 Å². The first kappa shape index (κ1) is 22.4. The second kappa shape index (κ2) is 8.39. The van der Waals surface area contributed by atoms with Crippen LogP contribution in [-0.2, 0) is 26.3 Å². The number of sulfonamides is 1. The third-order valence-corrected chi connectivity index (χ3v) is 6.64. The number of halogens is 1. The number of nitrogens with one attached hydrogen (secondary N) is 1. The SMILES string of the molecule is Cc1cc(S(C)(=O)=O)c(C)c(S(=O)(=O)NCCc2ccc(N)cc2)c1.Cl. The van der Waals surface area contributed by atoms with Crippen LogP contribution in [0.1, 0.15) is 16.7 Å². The first-order valence-corrected chi connectivity index (χ1v) is 11.0. The van der Waals surface area contributed by atoms with E-state index < -0.39 is 19.9 Å². The van der Waals surface area contributed by atoms with Crippen LogP contribution in [0.3, 0.4) is 0 Å². The summed E-state index contributed by atoms with van der Waals surface area (Å²) in [5.41, 5.74) is 8.02. The summed E-state index contributed by atoms with van der Waals surface area (Å²) in [6, 6.07) is 10.2. The molecule has 0 unspecified atom stereocenters. The Hall–Kier alpha value is -1.61. The fourth-order valence-electron chi connectivity index (χ4n) is 2.55. The number of sulfone groups is 1. The maximum Gasteiger partial charge on any atom is 0.240 e. The molecule has 26 heavy (non-hydrogen) atoms. The smallest absolute Gasteiger partial charge is 0.240 e. The molecule has 0 fully saturated rings. The fourth-order valence-corrected chi connectivity index (χ4v) is 5.06. The van der Waals surface area contributed by atoms with E-state index in [0.29, 0.717) is 17.7 Å². The third-order valence-electron chi connectivity index (χ3n) is 3.83. The standard InChI is InChI=1S/C17H22N2O4S2.ClH/c1-12-10-16(24(3,20)21)13(2)17(11-12)25(22,23)19-9-8-14-4-6-15(18)7-5-14;/h4-7,10-11,19H,8-9,18H2,1-3H3;1H. The molecule has 9 heteroatoms. The van der Waals surface area contributed by atoms with Gasteiger partial charge in [-0.15, -0.1) is 12.4 Å². The summed E-state index contributed by atoms with van der Waals surface area (Å²) in [5.74, 6) is 0. The topological polar surface area (TPSA) is 106 Å². The molecular formula is C17H23ClN2O4S2. The normalized spacial score (nSPS) is 11.8. The minimum absolute atomic E-state index is 0. The van der Waals surface area contributed by atoms with E-state index in [1.54, 1.807) is 19.1 Å². The van der Waals surface area contributed by atoms with Crippen LogP contribution in [0.25, 0.3) is 0 Å². The predicted molar refractivity (Wildman–Crippen MR) is 106 cm³/mol. The molecule has 3 N–H and O–H groups in total. The Labute approximate surface area is 161 Å². The number of nitrogen functional groups attached to an aromatic ring is 1. The Morgan fingerprint density at radius 3 is 2.04 bits per heavy atom. The molecule has 0 spiro atoms. The van der Waals surface area contributed by atoms with E-state index in [9.17, 15) is 16.8 Å². The lowest BCUT2D eigenvalue weighted by atomic mass is 10.1. The lowest BCUT2D eigenvalue weighted by Gasteiger charge is -2.13. The van der Waals surface area contributed by atoms with Gasteiger partial charge in [0.1, 0.15) is 0 Å². The average Bonchev–Trinajstić information content (AvgIpc) is 2.50. The van der Waals surface area contributed by atoms with Gasteiger partial charge in [-0.25, -0.2) is 21.6 Å². The number of rotatable bonds is 6. The average molecular weight is 419 g/mol. The Kier molecular flexibility index (Phi) is 7.24. The zero-order valence-electron chi connectivity index (χ0n) is 14.8. The van der Waals surface area contributed by atoms with Gasteiger partial charge in [0.2, 0.25) is 10.0 Å². The molecule has 0 radical (unpaired) electrons. The van der Waals surface area contributed by atoms with E-state index >= 15 is 0 Å². The van der Waals surface area contributed by atoms with Crippen LogP contribution in [0.2, 0.25) is 0 Å². The lowest BCUT2D eigenvalue weighted by molar-refractivity contribution is 0.580. The molecule has 0 bridgehead atoms. The van der Waals surface area contributed by atoms with Crippen molar-refractivity contribution < 1.29 is 16.8 Å². The number of hydrogen-bond acceptors (Lipinski definition) is 5. The quantitative estimate of drug-likeness (QED) is 0.699. The van der Waals surface area contributed by atoms with Crippen LogP contribution in [0, 0.1) is 13.8 Å². The van der Waals surface area contributed by atoms with E-state index in [2.05, 4.69) is 4.72 Å². The number of aryl methyl sites for hydroxylation is 1. The Morgan fingerprint density at radius 1 is 0.962 bits per heavy atom. The summed E-state index contributed by atoms with van der Waals surface area (Å²) in [4.78, 5) is 0.0247. The molecule has 2 rings (SSSR count). The summed E-state index contributed by atoms with van der Waals surface area (Å²) in [6.07, 6.45) is 1.57. The number of hydrogen-bond donors (Lipinski definition) is 2. The van der Waals surface area contributed by atoms with Gasteiger partial charge in [-0.3, -0.25) is 0 Å². The van der Waals surface area contributed by atoms with Crippen molar-refractivity contribution >= 4 is 38.0 Å². The zero-order valence-corrected chi connectivity index (χ0v) is 17.3. The summed E-state index contributed by atoms with van der Waals surface area (Å²) >= 11 is 0. The molecule has 0 atom stereocenters. The Morgan fingerprint density at radius 2 is 1.50 bits per heavy atom. The molecular weight excluding hydrogens is 396 g/mol. The van der Waals surface area contributed by atoms with Crippen molar-refractivity contribution in [2.24, 2.45) is 0 Å². The van der Waals surface area contributed by atoms with Gasteiger partial charge in [-0.2, -0.15) is 0 Å².